The molecule has 7 bridgehead atoms. The van der Waals surface area contributed by atoms with Gasteiger partial charge in [-0.2, -0.15) is 0 Å². The van der Waals surface area contributed by atoms with Crippen LogP contribution in [0.4, 0.5) is 5.69 Å². The number of nitrogens with zero attached hydrogens (tertiary/aromatic N) is 1. The summed E-state index contributed by atoms with van der Waals surface area (Å²) in [7, 11) is 4.80. The third-order valence-electron chi connectivity index (χ3n) is 12.5. The van der Waals surface area contributed by atoms with Gasteiger partial charge in [0.1, 0.15) is 22.4 Å². The fourth-order valence-electron chi connectivity index (χ4n) is 11.3. The number of rotatable bonds is 6. The van der Waals surface area contributed by atoms with Crippen molar-refractivity contribution < 1.29 is 39.1 Å². The molecule has 5 aliphatic carbocycles. The minimum absolute atomic E-state index is 0.190. The summed E-state index contributed by atoms with van der Waals surface area (Å²) in [6, 6.07) is 6.60. The van der Waals surface area contributed by atoms with Crippen molar-refractivity contribution in [3.8, 4) is 0 Å². The molecule has 220 valence electrons. The highest BCUT2D eigenvalue weighted by Crippen LogP contribution is 2.80. The van der Waals surface area contributed by atoms with Crippen LogP contribution in [0.1, 0.15) is 49.4 Å². The van der Waals surface area contributed by atoms with E-state index in [2.05, 4.69) is 11.8 Å². The van der Waals surface area contributed by atoms with Gasteiger partial charge in [-0.05, 0) is 44.4 Å². The zero-order valence-electron chi connectivity index (χ0n) is 23.7. The van der Waals surface area contributed by atoms with E-state index < -0.39 is 51.9 Å². The average Bonchev–Trinajstić information content (AvgIpc) is 3.34. The monoisotopic (exact) mass is 558 g/mol. The highest BCUT2D eigenvalue weighted by Gasteiger charge is 2.94. The van der Waals surface area contributed by atoms with Crippen LogP contribution in [0.3, 0.4) is 0 Å². The first-order valence-electron chi connectivity index (χ1n) is 14.6. The lowest BCUT2D eigenvalue weighted by Crippen LogP contribution is -2.89. The van der Waals surface area contributed by atoms with Crippen LogP contribution in [0.2, 0.25) is 0 Å². The third kappa shape index (κ3) is 2.65. The summed E-state index contributed by atoms with van der Waals surface area (Å²) < 4.78 is 24.6. The van der Waals surface area contributed by atoms with Gasteiger partial charge in [-0.1, -0.05) is 19.1 Å². The topological polar surface area (TPSA) is 144 Å². The molecule has 1 aromatic carbocycles. The molecule has 1 heterocycles. The van der Waals surface area contributed by atoms with E-state index in [0.717, 1.165) is 0 Å². The summed E-state index contributed by atoms with van der Waals surface area (Å²) in [6.45, 7) is 3.14. The number of hydrogen-bond donors (Lipinski definition) is 4. The number of hydrogen-bond acceptors (Lipinski definition) is 10. The van der Waals surface area contributed by atoms with Crippen molar-refractivity contribution in [2.24, 2.45) is 23.2 Å². The maximum atomic E-state index is 13.7. The van der Waals surface area contributed by atoms with Crippen LogP contribution in [0.25, 0.3) is 0 Å². The Balaban J connectivity index is 1.45. The Bertz CT molecular complexity index is 1230. The molecule has 7 rings (SSSR count). The second-order valence-electron chi connectivity index (χ2n) is 13.2. The summed E-state index contributed by atoms with van der Waals surface area (Å²) in [4.78, 5) is 16.0. The number of aliphatic hydroxyl groups is 3. The van der Waals surface area contributed by atoms with Crippen molar-refractivity contribution in [2.75, 3.05) is 40.2 Å². The Hall–Kier alpha value is -1.79. The number of likely N-dealkylation sites (N-methyl/N-ethyl adjacent to an activating group) is 1. The molecule has 0 amide bonds. The lowest BCUT2D eigenvalue weighted by molar-refractivity contribution is -0.384. The van der Waals surface area contributed by atoms with Gasteiger partial charge in [0.2, 0.25) is 0 Å². The van der Waals surface area contributed by atoms with Gasteiger partial charge >= 0.3 is 5.97 Å². The Morgan fingerprint density at radius 1 is 1.10 bits per heavy atom. The first-order valence-corrected chi connectivity index (χ1v) is 14.6. The van der Waals surface area contributed by atoms with Crippen molar-refractivity contribution in [3.05, 3.63) is 29.8 Å². The van der Waals surface area contributed by atoms with Gasteiger partial charge in [0.25, 0.3) is 0 Å². The maximum absolute atomic E-state index is 13.7. The lowest BCUT2D eigenvalue weighted by atomic mass is 9.42. The molecule has 5 N–H and O–H groups in total. The Labute approximate surface area is 234 Å². The number of fused-ring (bicyclic) bond motifs is 2. The van der Waals surface area contributed by atoms with Crippen molar-refractivity contribution in [3.63, 3.8) is 0 Å². The van der Waals surface area contributed by atoms with Crippen LogP contribution >= 0.6 is 0 Å². The average molecular weight is 559 g/mol. The molecule has 6 aliphatic rings. The molecule has 10 nitrogen and oxygen atoms in total. The molecule has 10 heteroatoms. The number of methoxy groups -OCH3 is 3. The van der Waals surface area contributed by atoms with Gasteiger partial charge in [0.05, 0.1) is 29.3 Å². The summed E-state index contributed by atoms with van der Waals surface area (Å²) in [6.07, 6.45) is 0.298. The van der Waals surface area contributed by atoms with E-state index in [1.807, 2.05) is 0 Å². The second kappa shape index (κ2) is 8.40. The summed E-state index contributed by atoms with van der Waals surface area (Å²) in [5.74, 6) is -1.60. The van der Waals surface area contributed by atoms with E-state index in [1.54, 1.807) is 38.5 Å². The number of esters is 1. The van der Waals surface area contributed by atoms with Gasteiger partial charge in [0.15, 0.2) is 0 Å². The number of anilines is 1. The predicted octanol–water partition coefficient (Wildman–Crippen LogP) is 0.960. The molecule has 1 spiro atoms. The molecular formula is C30H42N2O8. The lowest BCUT2D eigenvalue weighted by Gasteiger charge is -2.73. The first-order chi connectivity index (χ1) is 19.0. The molecule has 0 aromatic heterocycles. The van der Waals surface area contributed by atoms with E-state index in [1.165, 1.54) is 7.11 Å². The SMILES string of the molecule is CCN1C[C@]2(OC(=O)c3ccccc3N)CCC(OC)[C@@]34[C@@H]2C[C@@H]([C@@H]13)[C@@]1(O)C[C@H](OC)[C@H]2C[C@]4(O)[C@]1(O)[C@H]2OC. The third-order valence-corrected chi connectivity index (χ3v) is 12.5. The zero-order valence-corrected chi connectivity index (χ0v) is 23.7. The first kappa shape index (κ1) is 27.1. The van der Waals surface area contributed by atoms with Gasteiger partial charge in [0, 0.05) is 63.8 Å². The largest absolute Gasteiger partial charge is 0.454 e. The standard InChI is InChI=1S/C30H42N2O8/c1-5-32-15-26(40-25(33)16-8-6-7-9-19(16)31)11-10-22(38-3)29-21(26)12-18(23(29)32)27(34)14-20(37-2)17-13-28(29,35)30(27,36)24(17)39-4/h6-9,17-18,20-24,34-36H,5,10-15,31H2,1-4H3/t17-,18+,20+,21-,22?,23-,24+,26-,27+,28-,29+,30+/m1/s1. The van der Waals surface area contributed by atoms with Crippen molar-refractivity contribution in [1.82, 2.24) is 4.90 Å². The number of carbonyl (C=O) groups is 1. The van der Waals surface area contributed by atoms with Crippen LogP contribution in [-0.2, 0) is 18.9 Å². The molecule has 40 heavy (non-hydrogen) atoms. The number of nitrogen functional groups attached to an aromatic ring is 1. The molecular weight excluding hydrogens is 516 g/mol. The number of ether oxygens (including phenoxy) is 4. The van der Waals surface area contributed by atoms with Crippen molar-refractivity contribution >= 4 is 11.7 Å². The van der Waals surface area contributed by atoms with E-state index >= 15 is 0 Å². The highest BCUT2D eigenvalue weighted by molar-refractivity contribution is 5.95. The van der Waals surface area contributed by atoms with Gasteiger partial charge in [-0.15, -0.1) is 0 Å². The number of benzene rings is 1. The minimum Gasteiger partial charge on any atom is -0.454 e. The number of nitrogens with two attached hydrogens (primary N) is 1. The molecule has 1 saturated heterocycles. The smallest absolute Gasteiger partial charge is 0.340 e. The van der Waals surface area contributed by atoms with Gasteiger partial charge < -0.3 is 40.0 Å². The normalized spacial score (nSPS) is 52.0. The van der Waals surface area contributed by atoms with Crippen molar-refractivity contribution in [1.29, 1.82) is 0 Å². The van der Waals surface area contributed by atoms with E-state index in [9.17, 15) is 20.1 Å². The number of para-hydroxylation sites is 1. The van der Waals surface area contributed by atoms with Crippen LogP contribution in [0.15, 0.2) is 24.3 Å². The van der Waals surface area contributed by atoms with E-state index in [-0.39, 0.29) is 36.8 Å². The summed E-state index contributed by atoms with van der Waals surface area (Å²) in [5.41, 5.74) is -0.569. The highest BCUT2D eigenvalue weighted by atomic mass is 16.6. The molecule has 5 saturated carbocycles. The minimum atomic E-state index is -1.95. The predicted molar refractivity (Wildman–Crippen MR) is 143 cm³/mol. The van der Waals surface area contributed by atoms with Crippen LogP contribution < -0.4 is 5.73 Å². The van der Waals surface area contributed by atoms with Crippen LogP contribution in [0.5, 0.6) is 0 Å². The maximum Gasteiger partial charge on any atom is 0.340 e. The fourth-order valence-corrected chi connectivity index (χ4v) is 11.3. The summed E-state index contributed by atoms with van der Waals surface area (Å²) >= 11 is 0. The van der Waals surface area contributed by atoms with Gasteiger partial charge in [-0.25, -0.2) is 4.79 Å². The fraction of sp³-hybridized carbons (Fsp3) is 0.767. The molecule has 1 unspecified atom stereocenters. The molecule has 6 fully saturated rings. The summed E-state index contributed by atoms with van der Waals surface area (Å²) in [5, 5.41) is 38.8. The van der Waals surface area contributed by atoms with Gasteiger partial charge in [-0.3, -0.25) is 4.90 Å². The number of carbonyl (C=O) groups excluding carboxylic acids is 1. The Kier molecular flexibility index (Phi) is 5.68. The Morgan fingerprint density at radius 3 is 2.50 bits per heavy atom. The molecule has 1 aromatic rings. The van der Waals surface area contributed by atoms with E-state index in [4.69, 9.17) is 24.7 Å². The van der Waals surface area contributed by atoms with Crippen molar-refractivity contribution in [2.45, 2.75) is 85.8 Å². The molecule has 0 radical (unpaired) electrons. The number of piperidine rings is 1. The van der Waals surface area contributed by atoms with Crippen LogP contribution in [0, 0.1) is 23.2 Å². The van der Waals surface area contributed by atoms with Crippen LogP contribution in [-0.4, -0.2) is 107 Å². The number of likely N-dealkylation sites (tertiary alicyclic amines) is 1. The Morgan fingerprint density at radius 2 is 1.85 bits per heavy atom. The quantitative estimate of drug-likeness (QED) is 0.294. The molecule has 12 atom stereocenters. The molecule has 1 aliphatic heterocycles. The zero-order chi connectivity index (χ0) is 28.5. The van der Waals surface area contributed by atoms with E-state index in [0.29, 0.717) is 43.6 Å². The second-order valence-corrected chi connectivity index (χ2v) is 13.2.